The van der Waals surface area contributed by atoms with E-state index in [1.807, 2.05) is 64.1 Å². The Morgan fingerprint density at radius 2 is 1.63 bits per heavy atom. The van der Waals surface area contributed by atoms with Gasteiger partial charge in [-0.25, -0.2) is 4.79 Å². The molecule has 0 bridgehead atoms. The van der Waals surface area contributed by atoms with Crippen molar-refractivity contribution in [3.63, 3.8) is 0 Å². The molecule has 0 aromatic heterocycles. The average Bonchev–Trinajstić information content (AvgIpc) is 2.60. The molecule has 0 fully saturated rings. The molecule has 0 aliphatic heterocycles. The van der Waals surface area contributed by atoms with Crippen LogP contribution in [0.5, 0.6) is 5.75 Å². The molecule has 0 saturated heterocycles. The van der Waals surface area contributed by atoms with Gasteiger partial charge in [-0.05, 0) is 56.5 Å². The van der Waals surface area contributed by atoms with Crippen LogP contribution in [0.25, 0.3) is 0 Å². The Bertz CT molecular complexity index is 795. The summed E-state index contributed by atoms with van der Waals surface area (Å²) in [6.07, 6.45) is 0. The molecule has 144 valence electrons. The Morgan fingerprint density at radius 1 is 0.926 bits per heavy atom. The molecule has 3 N–H and O–H groups in total. The molecule has 2 rings (SSSR count). The van der Waals surface area contributed by atoms with Crippen molar-refractivity contribution in [1.29, 1.82) is 0 Å². The van der Waals surface area contributed by atoms with Crippen LogP contribution < -0.4 is 20.7 Å². The minimum atomic E-state index is -0.407. The van der Waals surface area contributed by atoms with Gasteiger partial charge in [-0.2, -0.15) is 0 Å². The van der Waals surface area contributed by atoms with Gasteiger partial charge < -0.3 is 20.7 Å². The van der Waals surface area contributed by atoms with Crippen molar-refractivity contribution in [2.24, 2.45) is 0 Å². The highest BCUT2D eigenvalue weighted by molar-refractivity contribution is 5.95. The third kappa shape index (κ3) is 6.66. The van der Waals surface area contributed by atoms with Crippen LogP contribution in [0.2, 0.25) is 0 Å². The van der Waals surface area contributed by atoms with Crippen LogP contribution in [-0.2, 0) is 4.79 Å². The van der Waals surface area contributed by atoms with Crippen molar-refractivity contribution < 1.29 is 14.3 Å². The van der Waals surface area contributed by atoms with Crippen molar-refractivity contribution in [3.05, 3.63) is 58.7 Å². The van der Waals surface area contributed by atoms with Gasteiger partial charge in [-0.15, -0.1) is 0 Å². The monoisotopic (exact) mass is 369 g/mol. The minimum Gasteiger partial charge on any atom is -0.492 e. The second-order valence-electron chi connectivity index (χ2n) is 6.60. The first kappa shape index (κ1) is 20.3. The quantitative estimate of drug-likeness (QED) is 0.656. The predicted molar refractivity (Wildman–Crippen MR) is 107 cm³/mol. The third-order valence-corrected chi connectivity index (χ3v) is 4.00. The van der Waals surface area contributed by atoms with E-state index in [4.69, 9.17) is 4.74 Å². The minimum absolute atomic E-state index is 0.0999. The number of amides is 3. The highest BCUT2D eigenvalue weighted by Gasteiger charge is 2.09. The number of aryl methyl sites for hydroxylation is 4. The van der Waals surface area contributed by atoms with E-state index in [0.29, 0.717) is 13.2 Å². The van der Waals surface area contributed by atoms with E-state index in [0.717, 1.165) is 33.7 Å². The lowest BCUT2D eigenvalue weighted by atomic mass is 10.1. The van der Waals surface area contributed by atoms with Crippen molar-refractivity contribution in [1.82, 2.24) is 10.6 Å². The molecule has 0 saturated carbocycles. The predicted octanol–water partition coefficient (Wildman–Crippen LogP) is 3.24. The Kier molecular flexibility index (Phi) is 7.23. The molecule has 6 nitrogen and oxygen atoms in total. The number of carbonyl (C=O) groups excluding carboxylic acids is 2. The van der Waals surface area contributed by atoms with Crippen molar-refractivity contribution in [2.75, 3.05) is 25.0 Å². The molecule has 0 aliphatic carbocycles. The summed E-state index contributed by atoms with van der Waals surface area (Å²) in [5.74, 6) is 0.497. The fourth-order valence-corrected chi connectivity index (χ4v) is 2.82. The van der Waals surface area contributed by atoms with Crippen LogP contribution in [0.15, 0.2) is 36.4 Å². The summed E-state index contributed by atoms with van der Waals surface area (Å²) in [7, 11) is 0. The van der Waals surface area contributed by atoms with Gasteiger partial charge in [0.15, 0.2) is 0 Å². The molecule has 0 radical (unpaired) electrons. The first-order valence-electron chi connectivity index (χ1n) is 8.94. The molecule has 27 heavy (non-hydrogen) atoms. The molecular formula is C21H27N3O3. The number of carbonyl (C=O) groups is 2. The van der Waals surface area contributed by atoms with Crippen LogP contribution in [0.3, 0.4) is 0 Å². The zero-order valence-electron chi connectivity index (χ0n) is 16.3. The van der Waals surface area contributed by atoms with E-state index in [2.05, 4.69) is 16.0 Å². The molecule has 3 amide bonds. The molecule has 0 heterocycles. The van der Waals surface area contributed by atoms with Gasteiger partial charge in [-0.3, -0.25) is 4.79 Å². The lowest BCUT2D eigenvalue weighted by Crippen LogP contribution is -2.41. The molecule has 0 aliphatic rings. The molecule has 2 aromatic rings. The topological polar surface area (TPSA) is 79.5 Å². The van der Waals surface area contributed by atoms with E-state index in [9.17, 15) is 9.59 Å². The van der Waals surface area contributed by atoms with Crippen LogP contribution in [0, 0.1) is 27.7 Å². The number of ether oxygens (including phenoxy) is 1. The summed E-state index contributed by atoms with van der Waals surface area (Å²) in [6, 6.07) is 11.3. The van der Waals surface area contributed by atoms with Gasteiger partial charge in [0.05, 0.1) is 13.1 Å². The number of nitrogens with one attached hydrogen (secondary N) is 3. The fraction of sp³-hybridized carbons (Fsp3) is 0.333. The summed E-state index contributed by atoms with van der Waals surface area (Å²) in [6.45, 7) is 8.50. The third-order valence-electron chi connectivity index (χ3n) is 4.00. The Balaban J connectivity index is 1.68. The zero-order chi connectivity index (χ0) is 19.8. The smallest absolute Gasteiger partial charge is 0.315 e. The van der Waals surface area contributed by atoms with E-state index < -0.39 is 6.03 Å². The second kappa shape index (κ2) is 9.62. The highest BCUT2D eigenvalue weighted by Crippen LogP contribution is 2.21. The van der Waals surface area contributed by atoms with E-state index in [1.54, 1.807) is 0 Å². The number of anilines is 1. The van der Waals surface area contributed by atoms with Crippen molar-refractivity contribution in [2.45, 2.75) is 27.7 Å². The lowest BCUT2D eigenvalue weighted by molar-refractivity contribution is -0.115. The summed E-state index contributed by atoms with van der Waals surface area (Å²) in [5.41, 5.74) is 5.05. The second-order valence-corrected chi connectivity index (χ2v) is 6.60. The number of hydrogen-bond acceptors (Lipinski definition) is 3. The lowest BCUT2D eigenvalue weighted by Gasteiger charge is -2.13. The molecule has 6 heteroatoms. The van der Waals surface area contributed by atoms with E-state index >= 15 is 0 Å². The van der Waals surface area contributed by atoms with Gasteiger partial charge >= 0.3 is 6.03 Å². The Labute approximate surface area is 160 Å². The van der Waals surface area contributed by atoms with Gasteiger partial charge in [0.1, 0.15) is 12.4 Å². The summed E-state index contributed by atoms with van der Waals surface area (Å²) in [4.78, 5) is 23.9. The van der Waals surface area contributed by atoms with Crippen molar-refractivity contribution >= 4 is 17.6 Å². The van der Waals surface area contributed by atoms with Crippen LogP contribution >= 0.6 is 0 Å². The highest BCUT2D eigenvalue weighted by atomic mass is 16.5. The summed E-state index contributed by atoms with van der Waals surface area (Å²) in [5, 5.41) is 8.05. The molecule has 0 unspecified atom stereocenters. The first-order chi connectivity index (χ1) is 12.8. The first-order valence-corrected chi connectivity index (χ1v) is 8.94. The Hall–Kier alpha value is -3.02. The van der Waals surface area contributed by atoms with Gasteiger partial charge in [0.25, 0.3) is 0 Å². The van der Waals surface area contributed by atoms with Gasteiger partial charge in [0, 0.05) is 5.69 Å². The fourth-order valence-electron chi connectivity index (χ4n) is 2.82. The summed E-state index contributed by atoms with van der Waals surface area (Å²) >= 11 is 0. The zero-order valence-corrected chi connectivity index (χ0v) is 16.3. The van der Waals surface area contributed by atoms with Crippen molar-refractivity contribution in [3.8, 4) is 5.75 Å². The molecule has 2 aromatic carbocycles. The number of urea groups is 1. The molecule has 0 spiro atoms. The van der Waals surface area contributed by atoms with Crippen LogP contribution in [-0.4, -0.2) is 31.6 Å². The van der Waals surface area contributed by atoms with E-state index in [1.165, 1.54) is 0 Å². The maximum absolute atomic E-state index is 12.1. The molecular weight excluding hydrogens is 342 g/mol. The number of rotatable bonds is 7. The van der Waals surface area contributed by atoms with Gasteiger partial charge in [0.2, 0.25) is 5.91 Å². The average molecular weight is 369 g/mol. The van der Waals surface area contributed by atoms with E-state index in [-0.39, 0.29) is 12.5 Å². The molecule has 0 atom stereocenters. The van der Waals surface area contributed by atoms with Crippen LogP contribution in [0.4, 0.5) is 10.5 Å². The maximum atomic E-state index is 12.1. The largest absolute Gasteiger partial charge is 0.492 e. The number of hydrogen-bond donors (Lipinski definition) is 3. The standard InChI is InChI=1S/C21H27N3O3/c1-14-6-5-7-18(12-14)27-9-8-22-21(26)23-13-19(25)24-20-16(3)10-15(2)11-17(20)4/h5-7,10-12H,8-9,13H2,1-4H3,(H,24,25)(H2,22,23,26). The Morgan fingerprint density at radius 3 is 2.30 bits per heavy atom. The van der Waals surface area contributed by atoms with Crippen LogP contribution in [0.1, 0.15) is 22.3 Å². The maximum Gasteiger partial charge on any atom is 0.315 e. The number of benzene rings is 2. The normalized spacial score (nSPS) is 10.2. The summed E-state index contributed by atoms with van der Waals surface area (Å²) < 4.78 is 5.56. The SMILES string of the molecule is Cc1cccc(OCCNC(=O)NCC(=O)Nc2c(C)cc(C)cc2C)c1. The van der Waals surface area contributed by atoms with Gasteiger partial charge in [-0.1, -0.05) is 29.8 Å².